The molecule has 10 nitrogen and oxygen atoms in total. The van der Waals surface area contributed by atoms with E-state index in [1.807, 2.05) is 24.3 Å². The SMILES string of the molecule is COC(=O)C1=C(C)N=c2s/c(=C\c3ccc(OCc4ccc5c(c4)OCO5)c(OC)c3)c(=O)n2[C@H]1c1cc(Cl)ccc1OC. The average Bonchev–Trinajstić information content (AvgIpc) is 3.62. The van der Waals surface area contributed by atoms with E-state index >= 15 is 0 Å². The summed E-state index contributed by atoms with van der Waals surface area (Å²) in [7, 11) is 4.35. The molecule has 0 fully saturated rings. The molecule has 2 aliphatic rings. The highest BCUT2D eigenvalue weighted by atomic mass is 35.5. The summed E-state index contributed by atoms with van der Waals surface area (Å²) in [5.74, 6) is 2.28. The first-order valence-electron chi connectivity index (χ1n) is 13.4. The van der Waals surface area contributed by atoms with Gasteiger partial charge in [0, 0.05) is 10.6 Å². The third-order valence-corrected chi connectivity index (χ3v) is 8.45. The molecule has 6 rings (SSSR count). The van der Waals surface area contributed by atoms with Crippen LogP contribution in [-0.2, 0) is 16.1 Å². The lowest BCUT2D eigenvalue weighted by Gasteiger charge is -2.25. The summed E-state index contributed by atoms with van der Waals surface area (Å²) in [6, 6.07) is 15.2. The van der Waals surface area contributed by atoms with Crippen LogP contribution in [0.3, 0.4) is 0 Å². The molecular weight excluding hydrogens is 608 g/mol. The summed E-state index contributed by atoms with van der Waals surface area (Å²) in [5, 5.41) is 0.426. The Bertz CT molecular complexity index is 2000. The monoisotopic (exact) mass is 634 g/mol. The minimum absolute atomic E-state index is 0.203. The summed E-state index contributed by atoms with van der Waals surface area (Å²) in [6.45, 7) is 2.20. The maximum absolute atomic E-state index is 14.0. The number of benzene rings is 3. The summed E-state index contributed by atoms with van der Waals surface area (Å²) in [4.78, 5) is 32.0. The van der Waals surface area contributed by atoms with Gasteiger partial charge in [-0.2, -0.15) is 0 Å². The molecule has 3 heterocycles. The fourth-order valence-corrected chi connectivity index (χ4v) is 6.37. The number of fused-ring (bicyclic) bond motifs is 2. The van der Waals surface area contributed by atoms with E-state index in [9.17, 15) is 9.59 Å². The molecule has 0 unspecified atom stereocenters. The molecular formula is C32H27ClN2O8S. The molecule has 0 aliphatic carbocycles. The van der Waals surface area contributed by atoms with E-state index in [0.717, 1.165) is 5.56 Å². The molecule has 4 aromatic rings. The van der Waals surface area contributed by atoms with Gasteiger partial charge in [-0.3, -0.25) is 9.36 Å². The van der Waals surface area contributed by atoms with Gasteiger partial charge >= 0.3 is 5.97 Å². The van der Waals surface area contributed by atoms with Gasteiger partial charge in [0.15, 0.2) is 27.8 Å². The van der Waals surface area contributed by atoms with Crippen molar-refractivity contribution in [2.24, 2.45) is 4.99 Å². The van der Waals surface area contributed by atoms with Crippen LogP contribution in [0, 0.1) is 0 Å². The Labute approximate surface area is 260 Å². The first-order chi connectivity index (χ1) is 21.3. The van der Waals surface area contributed by atoms with E-state index in [4.69, 9.17) is 40.0 Å². The van der Waals surface area contributed by atoms with Crippen molar-refractivity contribution in [1.82, 2.24) is 4.57 Å². The first kappa shape index (κ1) is 29.3. The molecule has 1 aromatic heterocycles. The highest BCUT2D eigenvalue weighted by molar-refractivity contribution is 7.07. The molecule has 0 radical (unpaired) electrons. The van der Waals surface area contributed by atoms with Gasteiger partial charge in [-0.05, 0) is 66.6 Å². The Kier molecular flexibility index (Phi) is 8.07. The minimum Gasteiger partial charge on any atom is -0.496 e. The average molecular weight is 635 g/mol. The van der Waals surface area contributed by atoms with E-state index in [0.29, 0.717) is 66.5 Å². The standard InChI is InChI=1S/C32H27ClN2O8S/c1-17-28(31(37)40-4)29(21-14-20(33)7-10-22(21)38-2)35-30(36)27(44-32(35)34-17)13-18-5-8-23(25(11-18)39-3)41-15-19-6-9-24-26(12-19)43-16-42-24/h5-14,29H,15-16H2,1-4H3/b27-13-/t29-/m0/s1. The Morgan fingerprint density at radius 3 is 2.57 bits per heavy atom. The number of carbonyl (C=O) groups is 1. The Balaban J connectivity index is 1.37. The zero-order chi connectivity index (χ0) is 31.0. The zero-order valence-electron chi connectivity index (χ0n) is 24.2. The van der Waals surface area contributed by atoms with Crippen LogP contribution in [0.4, 0.5) is 0 Å². The van der Waals surface area contributed by atoms with Crippen molar-refractivity contribution in [2.75, 3.05) is 28.1 Å². The Morgan fingerprint density at radius 1 is 1.02 bits per heavy atom. The number of allylic oxidation sites excluding steroid dienone is 1. The normalized spacial score (nSPS) is 15.5. The maximum Gasteiger partial charge on any atom is 0.338 e. The summed E-state index contributed by atoms with van der Waals surface area (Å²) in [5.41, 5.74) is 2.47. The molecule has 0 saturated carbocycles. The van der Waals surface area contributed by atoms with Crippen molar-refractivity contribution in [1.29, 1.82) is 0 Å². The number of rotatable bonds is 8. The third-order valence-electron chi connectivity index (χ3n) is 7.23. The number of carbonyl (C=O) groups excluding carboxylic acids is 1. The highest BCUT2D eigenvalue weighted by Gasteiger charge is 2.35. The molecule has 2 aliphatic heterocycles. The highest BCUT2D eigenvalue weighted by Crippen LogP contribution is 2.37. The van der Waals surface area contributed by atoms with Gasteiger partial charge in [-0.25, -0.2) is 9.79 Å². The second-order valence-corrected chi connectivity index (χ2v) is 11.3. The van der Waals surface area contributed by atoms with Crippen LogP contribution >= 0.6 is 22.9 Å². The number of hydrogen-bond acceptors (Lipinski definition) is 10. The Morgan fingerprint density at radius 2 is 1.80 bits per heavy atom. The second-order valence-electron chi connectivity index (χ2n) is 9.85. The van der Waals surface area contributed by atoms with Crippen molar-refractivity contribution in [3.63, 3.8) is 0 Å². The zero-order valence-corrected chi connectivity index (χ0v) is 25.8. The molecule has 1 atom stereocenters. The number of ether oxygens (including phenoxy) is 6. The fourth-order valence-electron chi connectivity index (χ4n) is 5.14. The number of hydrogen-bond donors (Lipinski definition) is 0. The van der Waals surface area contributed by atoms with Crippen LogP contribution < -0.4 is 38.6 Å². The first-order valence-corrected chi connectivity index (χ1v) is 14.6. The summed E-state index contributed by atoms with van der Waals surface area (Å²) in [6.07, 6.45) is 1.75. The van der Waals surface area contributed by atoms with Crippen LogP contribution in [0.1, 0.15) is 29.7 Å². The lowest BCUT2D eigenvalue weighted by atomic mass is 9.95. The number of nitrogens with zero attached hydrogens (tertiary/aromatic N) is 2. The lowest BCUT2D eigenvalue weighted by Crippen LogP contribution is -2.40. The number of aromatic nitrogens is 1. The van der Waals surface area contributed by atoms with Crippen LogP contribution in [0.2, 0.25) is 5.02 Å². The maximum atomic E-state index is 14.0. The van der Waals surface area contributed by atoms with E-state index < -0.39 is 12.0 Å². The number of thiazole rings is 1. The van der Waals surface area contributed by atoms with Gasteiger partial charge in [0.2, 0.25) is 6.79 Å². The number of methoxy groups -OCH3 is 3. The quantitative estimate of drug-likeness (QED) is 0.263. The van der Waals surface area contributed by atoms with Crippen LogP contribution in [0.5, 0.6) is 28.7 Å². The minimum atomic E-state index is -0.865. The molecule has 0 bridgehead atoms. The van der Waals surface area contributed by atoms with Gasteiger partial charge in [-0.15, -0.1) is 0 Å². The third kappa shape index (κ3) is 5.40. The molecule has 0 spiro atoms. The van der Waals surface area contributed by atoms with Crippen molar-refractivity contribution < 1.29 is 33.2 Å². The number of halogens is 1. The van der Waals surface area contributed by atoms with Crippen molar-refractivity contribution >= 4 is 35.0 Å². The predicted octanol–water partition coefficient (Wildman–Crippen LogP) is 4.39. The fraction of sp³-hybridized carbons (Fsp3) is 0.219. The van der Waals surface area contributed by atoms with Crippen molar-refractivity contribution in [3.05, 3.63) is 107 Å². The molecule has 0 saturated heterocycles. The molecule has 12 heteroatoms. The molecule has 3 aromatic carbocycles. The van der Waals surface area contributed by atoms with Crippen LogP contribution in [0.25, 0.3) is 6.08 Å². The van der Waals surface area contributed by atoms with Crippen molar-refractivity contribution in [3.8, 4) is 28.7 Å². The molecule has 226 valence electrons. The second kappa shape index (κ2) is 12.1. The van der Waals surface area contributed by atoms with Crippen LogP contribution in [-0.4, -0.2) is 38.7 Å². The van der Waals surface area contributed by atoms with Gasteiger partial charge in [0.05, 0.1) is 37.1 Å². The van der Waals surface area contributed by atoms with Crippen LogP contribution in [0.15, 0.2) is 75.7 Å². The van der Waals surface area contributed by atoms with E-state index in [-0.39, 0.29) is 17.9 Å². The van der Waals surface area contributed by atoms with Gasteiger partial charge in [0.25, 0.3) is 5.56 Å². The van der Waals surface area contributed by atoms with Gasteiger partial charge < -0.3 is 28.4 Å². The number of esters is 1. The van der Waals surface area contributed by atoms with E-state index in [1.54, 1.807) is 50.4 Å². The summed E-state index contributed by atoms with van der Waals surface area (Å²) < 4.78 is 35.0. The molecule has 44 heavy (non-hydrogen) atoms. The van der Waals surface area contributed by atoms with E-state index in [1.165, 1.54) is 30.1 Å². The Hall–Kier alpha value is -4.74. The topological polar surface area (TPSA) is 107 Å². The van der Waals surface area contributed by atoms with Crippen molar-refractivity contribution in [2.45, 2.75) is 19.6 Å². The van der Waals surface area contributed by atoms with Gasteiger partial charge in [0.1, 0.15) is 18.4 Å². The molecule has 0 amide bonds. The predicted molar refractivity (Wildman–Crippen MR) is 164 cm³/mol. The largest absolute Gasteiger partial charge is 0.496 e. The smallest absolute Gasteiger partial charge is 0.338 e. The molecule has 0 N–H and O–H groups in total. The van der Waals surface area contributed by atoms with E-state index in [2.05, 4.69) is 4.99 Å². The van der Waals surface area contributed by atoms with Gasteiger partial charge in [-0.1, -0.05) is 35.1 Å². The lowest BCUT2D eigenvalue weighted by molar-refractivity contribution is -0.136. The summed E-state index contributed by atoms with van der Waals surface area (Å²) >= 11 is 7.56.